The molecule has 4 rings (SSSR count). The number of allylic oxidation sites excluding steroid dienone is 1. The highest BCUT2D eigenvalue weighted by Crippen LogP contribution is 2.21. The molecule has 3 heterocycles. The van der Waals surface area contributed by atoms with Crippen LogP contribution >= 0.6 is 0 Å². The Labute approximate surface area is 167 Å². The average molecular weight is 394 g/mol. The number of aryl methyl sites for hydroxylation is 2. The van der Waals surface area contributed by atoms with Crippen LogP contribution < -0.4 is 5.32 Å². The van der Waals surface area contributed by atoms with E-state index in [9.17, 15) is 9.18 Å². The molecule has 0 radical (unpaired) electrons. The molecule has 1 unspecified atom stereocenters. The standard InChI is InChI=1S/C21H20FN5O2/c1-11(2)17-7-8-27-10-18(26-21(27)25-17)15-9-14(5-6-16(15)22)24-20(28)19-12(3)23-13(4)29-19/h5-11,21H,1-4H3/p+1. The highest BCUT2D eigenvalue weighted by atomic mass is 19.1. The van der Waals surface area contributed by atoms with Crippen LogP contribution in [0.1, 0.15) is 41.6 Å². The number of nitrogens with zero attached hydrogens (tertiary/aromatic N) is 4. The Morgan fingerprint density at radius 3 is 2.76 bits per heavy atom. The fraction of sp³-hybridized carbons (Fsp3) is 0.286. The van der Waals surface area contributed by atoms with Crippen molar-refractivity contribution in [2.45, 2.75) is 34.0 Å². The van der Waals surface area contributed by atoms with E-state index < -0.39 is 18.0 Å². The molecule has 2 aromatic rings. The summed E-state index contributed by atoms with van der Waals surface area (Å²) in [5.41, 5.74) is 2.64. The van der Waals surface area contributed by atoms with E-state index in [1.807, 2.05) is 16.9 Å². The number of anilines is 1. The van der Waals surface area contributed by atoms with Gasteiger partial charge in [-0.05, 0) is 31.0 Å². The number of hydrogen-bond acceptors (Lipinski definition) is 5. The SMILES string of the molecule is Cc1nc(C)c(C(=O)Nc2ccc(F)c(C3=NC4N=C(C(C)C)C=C[N+]4=C3)c2)o1. The van der Waals surface area contributed by atoms with Gasteiger partial charge in [0.25, 0.3) is 5.91 Å². The summed E-state index contributed by atoms with van der Waals surface area (Å²) in [5.74, 6) is -0.0402. The van der Waals surface area contributed by atoms with Crippen molar-refractivity contribution < 1.29 is 18.2 Å². The Morgan fingerprint density at radius 1 is 1.28 bits per heavy atom. The highest BCUT2D eigenvalue weighted by molar-refractivity contribution is 6.37. The molecule has 8 heteroatoms. The summed E-state index contributed by atoms with van der Waals surface area (Å²) in [6.45, 7) is 7.49. The van der Waals surface area contributed by atoms with E-state index in [1.165, 1.54) is 12.1 Å². The van der Waals surface area contributed by atoms with Gasteiger partial charge in [0.05, 0.1) is 11.4 Å². The number of aromatic nitrogens is 1. The summed E-state index contributed by atoms with van der Waals surface area (Å²) in [6.07, 6.45) is 5.15. The van der Waals surface area contributed by atoms with E-state index in [2.05, 4.69) is 34.1 Å². The molecule has 1 aromatic carbocycles. The van der Waals surface area contributed by atoms with Crippen molar-refractivity contribution in [1.29, 1.82) is 0 Å². The summed E-state index contributed by atoms with van der Waals surface area (Å²) in [6, 6.07) is 4.35. The lowest BCUT2D eigenvalue weighted by molar-refractivity contribution is -0.487. The molecule has 0 aliphatic carbocycles. The van der Waals surface area contributed by atoms with E-state index in [1.54, 1.807) is 26.1 Å². The second-order valence-electron chi connectivity index (χ2n) is 7.26. The Balaban J connectivity index is 1.61. The first-order valence-electron chi connectivity index (χ1n) is 9.33. The van der Waals surface area contributed by atoms with Crippen molar-refractivity contribution in [2.24, 2.45) is 15.9 Å². The Morgan fingerprint density at radius 2 is 2.07 bits per heavy atom. The van der Waals surface area contributed by atoms with Crippen molar-refractivity contribution in [1.82, 2.24) is 4.98 Å². The van der Waals surface area contributed by atoms with Gasteiger partial charge >= 0.3 is 6.29 Å². The van der Waals surface area contributed by atoms with E-state index in [4.69, 9.17) is 4.42 Å². The van der Waals surface area contributed by atoms with Crippen molar-refractivity contribution >= 4 is 29.2 Å². The molecule has 0 saturated carbocycles. The number of hydrogen-bond donors (Lipinski definition) is 1. The van der Waals surface area contributed by atoms with Crippen molar-refractivity contribution in [3.63, 3.8) is 0 Å². The first-order chi connectivity index (χ1) is 13.8. The number of fused-ring (bicyclic) bond motifs is 1. The minimum absolute atomic E-state index is 0.135. The number of benzene rings is 1. The number of halogens is 1. The van der Waals surface area contributed by atoms with Crippen LogP contribution in [0.5, 0.6) is 0 Å². The molecule has 148 valence electrons. The molecular weight excluding hydrogens is 373 g/mol. The lowest BCUT2D eigenvalue weighted by atomic mass is 10.1. The monoisotopic (exact) mass is 394 g/mol. The Hall–Kier alpha value is -3.42. The second-order valence-corrected chi connectivity index (χ2v) is 7.26. The van der Waals surface area contributed by atoms with Gasteiger partial charge in [0, 0.05) is 24.3 Å². The molecule has 0 fully saturated rings. The molecule has 29 heavy (non-hydrogen) atoms. The fourth-order valence-electron chi connectivity index (χ4n) is 3.20. The van der Waals surface area contributed by atoms with Crippen molar-refractivity contribution in [2.75, 3.05) is 5.32 Å². The molecule has 1 amide bonds. The van der Waals surface area contributed by atoms with E-state index >= 15 is 0 Å². The number of oxazole rings is 1. The predicted octanol–water partition coefficient (Wildman–Crippen LogP) is 3.48. The summed E-state index contributed by atoms with van der Waals surface area (Å²) in [7, 11) is 0. The number of carbonyl (C=O) groups excluding carboxylic acids is 1. The third kappa shape index (κ3) is 3.65. The normalized spacial score (nSPS) is 17.7. The van der Waals surface area contributed by atoms with Crippen LogP contribution in [0, 0.1) is 25.6 Å². The van der Waals surface area contributed by atoms with Crippen LogP contribution in [0.15, 0.2) is 44.9 Å². The molecule has 7 nitrogen and oxygen atoms in total. The summed E-state index contributed by atoms with van der Waals surface area (Å²) in [5, 5.41) is 2.72. The maximum absolute atomic E-state index is 14.5. The topological polar surface area (TPSA) is 82.9 Å². The minimum atomic E-state index is -0.440. The van der Waals surface area contributed by atoms with Crippen LogP contribution in [0.25, 0.3) is 0 Å². The molecular formula is C21H21FN5O2+. The van der Waals surface area contributed by atoms with E-state index in [-0.39, 0.29) is 17.2 Å². The molecule has 2 aliphatic heterocycles. The quantitative estimate of drug-likeness (QED) is 0.806. The van der Waals surface area contributed by atoms with Gasteiger partial charge in [0.1, 0.15) is 11.5 Å². The summed E-state index contributed by atoms with van der Waals surface area (Å²) in [4.78, 5) is 25.7. The van der Waals surface area contributed by atoms with Gasteiger partial charge in [-0.3, -0.25) is 4.79 Å². The zero-order chi connectivity index (χ0) is 20.7. The lowest BCUT2D eigenvalue weighted by Crippen LogP contribution is -2.22. The van der Waals surface area contributed by atoms with Gasteiger partial charge in [0.2, 0.25) is 5.76 Å². The van der Waals surface area contributed by atoms with Crippen molar-refractivity contribution in [3.8, 4) is 0 Å². The molecule has 1 aromatic heterocycles. The molecule has 0 bridgehead atoms. The van der Waals surface area contributed by atoms with Crippen LogP contribution in [-0.2, 0) is 0 Å². The predicted molar refractivity (Wildman–Crippen MR) is 108 cm³/mol. The second kappa shape index (κ2) is 7.20. The van der Waals surface area contributed by atoms with Crippen LogP contribution in [0.3, 0.4) is 0 Å². The third-order valence-corrected chi connectivity index (χ3v) is 4.68. The average Bonchev–Trinajstić information content (AvgIpc) is 3.24. The third-order valence-electron chi connectivity index (χ3n) is 4.68. The van der Waals surface area contributed by atoms with Crippen LogP contribution in [0.4, 0.5) is 10.1 Å². The maximum atomic E-state index is 14.5. The van der Waals surface area contributed by atoms with E-state index in [0.717, 1.165) is 5.71 Å². The van der Waals surface area contributed by atoms with Gasteiger partial charge in [-0.25, -0.2) is 9.37 Å². The number of amides is 1. The first kappa shape index (κ1) is 18.9. The summed E-state index contributed by atoms with van der Waals surface area (Å²) >= 11 is 0. The Bertz CT molecular complexity index is 1120. The lowest BCUT2D eigenvalue weighted by Gasteiger charge is -2.10. The molecule has 0 spiro atoms. The largest absolute Gasteiger partial charge is 0.436 e. The van der Waals surface area contributed by atoms with Gasteiger partial charge in [0.15, 0.2) is 18.3 Å². The van der Waals surface area contributed by atoms with Crippen LogP contribution in [0.2, 0.25) is 0 Å². The van der Waals surface area contributed by atoms with Gasteiger partial charge in [-0.1, -0.05) is 13.8 Å². The molecule has 1 N–H and O–H groups in total. The fourth-order valence-corrected chi connectivity index (χ4v) is 3.20. The van der Waals surface area contributed by atoms with Gasteiger partial charge < -0.3 is 9.73 Å². The zero-order valence-corrected chi connectivity index (χ0v) is 16.6. The molecule has 2 aliphatic rings. The van der Waals surface area contributed by atoms with Crippen molar-refractivity contribution in [3.05, 3.63) is 59.2 Å². The van der Waals surface area contributed by atoms with Gasteiger partial charge in [-0.15, -0.1) is 0 Å². The van der Waals surface area contributed by atoms with Crippen LogP contribution in [-0.4, -0.2) is 39.4 Å². The minimum Gasteiger partial charge on any atom is -0.436 e. The number of nitrogens with one attached hydrogen (secondary N) is 1. The number of aliphatic imine (C=N–C) groups is 2. The Kier molecular flexibility index (Phi) is 4.70. The number of rotatable bonds is 4. The zero-order valence-electron chi connectivity index (χ0n) is 16.6. The highest BCUT2D eigenvalue weighted by Gasteiger charge is 2.31. The number of carbonyl (C=O) groups is 1. The van der Waals surface area contributed by atoms with E-state index in [0.29, 0.717) is 23.0 Å². The maximum Gasteiger partial charge on any atom is 0.352 e. The smallest absolute Gasteiger partial charge is 0.352 e. The summed E-state index contributed by atoms with van der Waals surface area (Å²) < 4.78 is 21.7. The molecule has 0 saturated heterocycles. The molecule has 1 atom stereocenters. The van der Waals surface area contributed by atoms with Gasteiger partial charge in [-0.2, -0.15) is 14.6 Å². The first-order valence-corrected chi connectivity index (χ1v) is 9.33.